The molecule has 0 radical (unpaired) electrons. The summed E-state index contributed by atoms with van der Waals surface area (Å²) in [6.45, 7) is 3.72. The quantitative estimate of drug-likeness (QED) is 0.914. The van der Waals surface area contributed by atoms with E-state index < -0.39 is 0 Å². The average Bonchev–Trinajstić information content (AvgIpc) is 3.19. The number of nitrogens with zero attached hydrogens (tertiary/aromatic N) is 5. The number of hydrogen-bond acceptors (Lipinski definition) is 6. The Morgan fingerprint density at radius 1 is 1.29 bits per heavy atom. The van der Waals surface area contributed by atoms with Gasteiger partial charge in [0.15, 0.2) is 0 Å². The van der Waals surface area contributed by atoms with Gasteiger partial charge in [-0.25, -0.2) is 4.98 Å². The lowest BCUT2D eigenvalue weighted by atomic mass is 10.1. The minimum Gasteiger partial charge on any atom is -0.348 e. The Morgan fingerprint density at radius 2 is 2.04 bits per heavy atom. The van der Waals surface area contributed by atoms with Gasteiger partial charge < -0.3 is 10.2 Å². The minimum absolute atomic E-state index is 0.0384. The van der Waals surface area contributed by atoms with E-state index in [4.69, 9.17) is 0 Å². The molecule has 3 heterocycles. The highest BCUT2D eigenvalue weighted by Gasteiger charge is 2.29. The second-order valence-corrected chi connectivity index (χ2v) is 7.47. The molecule has 0 spiro atoms. The van der Waals surface area contributed by atoms with Crippen LogP contribution in [0.1, 0.15) is 53.6 Å². The summed E-state index contributed by atoms with van der Waals surface area (Å²) >= 11 is 1.51. The van der Waals surface area contributed by atoms with Gasteiger partial charge in [-0.1, -0.05) is 0 Å². The van der Waals surface area contributed by atoms with Gasteiger partial charge in [0, 0.05) is 43.6 Å². The maximum absolute atomic E-state index is 12.4. The third-order valence-corrected chi connectivity index (χ3v) is 5.50. The molecule has 128 valence electrons. The van der Waals surface area contributed by atoms with Crippen molar-refractivity contribution in [1.82, 2.24) is 24.5 Å². The van der Waals surface area contributed by atoms with Gasteiger partial charge >= 0.3 is 0 Å². The standard InChI is InChI=1S/C16H22N6OS/c1-10-9-13(21(2)19-10)15(23)17-12-5-7-22(8-6-12)16-18-14(20-24-16)11-3-4-11/h9,11-12H,3-8H2,1-2H3,(H,17,23). The second-order valence-electron chi connectivity index (χ2n) is 6.74. The van der Waals surface area contributed by atoms with E-state index in [0.29, 0.717) is 11.6 Å². The molecule has 1 N–H and O–H groups in total. The van der Waals surface area contributed by atoms with Crippen LogP contribution >= 0.6 is 11.5 Å². The molecule has 0 unspecified atom stereocenters. The van der Waals surface area contributed by atoms with E-state index in [1.54, 1.807) is 11.7 Å². The molecule has 1 aliphatic carbocycles. The van der Waals surface area contributed by atoms with Crippen molar-refractivity contribution in [2.45, 2.75) is 44.6 Å². The number of aromatic nitrogens is 4. The zero-order valence-corrected chi connectivity index (χ0v) is 14.8. The van der Waals surface area contributed by atoms with Crippen molar-refractivity contribution in [3.05, 3.63) is 23.3 Å². The number of nitrogens with one attached hydrogen (secondary N) is 1. The summed E-state index contributed by atoms with van der Waals surface area (Å²) in [5, 5.41) is 8.40. The SMILES string of the molecule is Cc1cc(C(=O)NC2CCN(c3nc(C4CC4)ns3)CC2)n(C)n1. The molecule has 8 heteroatoms. The lowest BCUT2D eigenvalue weighted by Crippen LogP contribution is -2.45. The van der Waals surface area contributed by atoms with Crippen molar-refractivity contribution < 1.29 is 4.79 Å². The largest absolute Gasteiger partial charge is 0.348 e. The molecule has 2 fully saturated rings. The van der Waals surface area contributed by atoms with Gasteiger partial charge in [0.05, 0.1) is 5.69 Å². The van der Waals surface area contributed by atoms with Gasteiger partial charge in [-0.2, -0.15) is 9.47 Å². The molecule has 24 heavy (non-hydrogen) atoms. The summed E-state index contributed by atoms with van der Waals surface area (Å²) < 4.78 is 6.12. The van der Waals surface area contributed by atoms with Crippen LogP contribution in [0.4, 0.5) is 5.13 Å². The van der Waals surface area contributed by atoms with Crippen molar-refractivity contribution in [2.24, 2.45) is 7.05 Å². The number of carbonyl (C=O) groups is 1. The van der Waals surface area contributed by atoms with Gasteiger partial charge in [-0.3, -0.25) is 9.48 Å². The molecule has 1 aliphatic heterocycles. The highest BCUT2D eigenvalue weighted by molar-refractivity contribution is 7.09. The summed E-state index contributed by atoms with van der Waals surface area (Å²) in [6.07, 6.45) is 4.33. The average molecular weight is 346 g/mol. The van der Waals surface area contributed by atoms with Crippen LogP contribution in [-0.2, 0) is 7.05 Å². The van der Waals surface area contributed by atoms with Gasteiger partial charge in [-0.05, 0) is 38.7 Å². The Hall–Kier alpha value is -1.96. The molecular weight excluding hydrogens is 324 g/mol. The molecule has 1 saturated heterocycles. The maximum atomic E-state index is 12.4. The summed E-state index contributed by atoms with van der Waals surface area (Å²) in [4.78, 5) is 19.3. The van der Waals surface area contributed by atoms with Crippen LogP contribution in [0.5, 0.6) is 0 Å². The van der Waals surface area contributed by atoms with E-state index >= 15 is 0 Å². The molecule has 0 aromatic carbocycles. The van der Waals surface area contributed by atoms with E-state index in [0.717, 1.165) is 42.6 Å². The monoisotopic (exact) mass is 346 g/mol. The molecule has 0 bridgehead atoms. The molecule has 2 aromatic heterocycles. The second kappa shape index (κ2) is 6.16. The van der Waals surface area contributed by atoms with Gasteiger partial charge in [-0.15, -0.1) is 0 Å². The number of aryl methyl sites for hydroxylation is 2. The molecule has 1 amide bonds. The van der Waals surface area contributed by atoms with Crippen molar-refractivity contribution in [2.75, 3.05) is 18.0 Å². The summed E-state index contributed by atoms with van der Waals surface area (Å²) in [6, 6.07) is 2.03. The predicted molar refractivity (Wildman–Crippen MR) is 92.5 cm³/mol. The van der Waals surface area contributed by atoms with Crippen LogP contribution in [0.25, 0.3) is 0 Å². The van der Waals surface area contributed by atoms with Crippen molar-refractivity contribution in [1.29, 1.82) is 0 Å². The summed E-state index contributed by atoms with van der Waals surface area (Å²) in [7, 11) is 1.80. The number of amides is 1. The lowest BCUT2D eigenvalue weighted by molar-refractivity contribution is 0.0921. The van der Waals surface area contributed by atoms with Gasteiger partial charge in [0.2, 0.25) is 5.13 Å². The fourth-order valence-corrected chi connectivity index (χ4v) is 3.96. The van der Waals surface area contributed by atoms with Gasteiger partial charge in [0.25, 0.3) is 5.91 Å². The van der Waals surface area contributed by atoms with Crippen LogP contribution in [0.15, 0.2) is 6.07 Å². The first kappa shape index (κ1) is 15.6. The fourth-order valence-electron chi connectivity index (χ4n) is 3.16. The number of carbonyl (C=O) groups excluding carboxylic acids is 1. The minimum atomic E-state index is -0.0384. The van der Waals surface area contributed by atoms with E-state index in [2.05, 4.69) is 24.7 Å². The van der Waals surface area contributed by atoms with E-state index in [1.807, 2.05) is 13.0 Å². The Kier molecular flexibility index (Phi) is 3.99. The fraction of sp³-hybridized carbons (Fsp3) is 0.625. The van der Waals surface area contributed by atoms with E-state index in [-0.39, 0.29) is 11.9 Å². The highest BCUT2D eigenvalue weighted by Crippen LogP contribution is 2.39. The Morgan fingerprint density at radius 3 is 2.67 bits per heavy atom. The first-order chi connectivity index (χ1) is 11.6. The third-order valence-electron chi connectivity index (χ3n) is 4.71. The summed E-state index contributed by atoms with van der Waals surface area (Å²) in [5.41, 5.74) is 1.48. The zero-order chi connectivity index (χ0) is 16.7. The van der Waals surface area contributed by atoms with E-state index in [9.17, 15) is 4.79 Å². The molecule has 0 atom stereocenters. The predicted octanol–water partition coefficient (Wildman–Crippen LogP) is 1.86. The van der Waals surface area contributed by atoms with Crippen molar-refractivity contribution in [3.8, 4) is 0 Å². The maximum Gasteiger partial charge on any atom is 0.269 e. The highest BCUT2D eigenvalue weighted by atomic mass is 32.1. The Bertz CT molecular complexity index is 742. The summed E-state index contributed by atoms with van der Waals surface area (Å²) in [5.74, 6) is 1.59. The molecule has 2 aromatic rings. The number of piperidine rings is 1. The van der Waals surface area contributed by atoms with E-state index in [1.165, 1.54) is 24.4 Å². The van der Waals surface area contributed by atoms with Gasteiger partial charge in [0.1, 0.15) is 11.5 Å². The third kappa shape index (κ3) is 3.15. The first-order valence-corrected chi connectivity index (χ1v) is 9.27. The normalized spacial score (nSPS) is 18.8. The van der Waals surface area contributed by atoms with Crippen molar-refractivity contribution in [3.63, 3.8) is 0 Å². The smallest absolute Gasteiger partial charge is 0.269 e. The molecule has 7 nitrogen and oxygen atoms in total. The topological polar surface area (TPSA) is 75.9 Å². The van der Waals surface area contributed by atoms with Crippen molar-refractivity contribution >= 4 is 22.6 Å². The van der Waals surface area contributed by atoms with Crippen LogP contribution in [-0.4, -0.2) is 44.2 Å². The lowest BCUT2D eigenvalue weighted by Gasteiger charge is -2.31. The van der Waals surface area contributed by atoms with Crippen LogP contribution in [0.3, 0.4) is 0 Å². The van der Waals surface area contributed by atoms with Crippen LogP contribution in [0, 0.1) is 6.92 Å². The zero-order valence-electron chi connectivity index (χ0n) is 14.0. The number of anilines is 1. The molecular formula is C16H22N6OS. The Labute approximate surface area is 145 Å². The Balaban J connectivity index is 1.32. The first-order valence-electron chi connectivity index (χ1n) is 8.50. The number of hydrogen-bond donors (Lipinski definition) is 1. The molecule has 1 saturated carbocycles. The number of rotatable bonds is 4. The van der Waals surface area contributed by atoms with Crippen LogP contribution in [0.2, 0.25) is 0 Å². The van der Waals surface area contributed by atoms with Crippen LogP contribution < -0.4 is 10.2 Å². The molecule has 4 rings (SSSR count). The molecule has 2 aliphatic rings.